The van der Waals surface area contributed by atoms with Gasteiger partial charge >= 0.3 is 0 Å². The summed E-state index contributed by atoms with van der Waals surface area (Å²) in [6.45, 7) is 2.27. The Morgan fingerprint density at radius 3 is 2.28 bits per heavy atom. The Balaban J connectivity index is 1.64. The van der Waals surface area contributed by atoms with Crippen molar-refractivity contribution in [3.63, 3.8) is 0 Å². The van der Waals surface area contributed by atoms with Gasteiger partial charge in [0.05, 0.1) is 25.2 Å². The van der Waals surface area contributed by atoms with Crippen LogP contribution < -0.4 is 14.2 Å². The average Bonchev–Trinajstić information content (AvgIpc) is 2.95. The van der Waals surface area contributed by atoms with Gasteiger partial charge < -0.3 is 19.3 Å². The molecule has 1 unspecified atom stereocenters. The summed E-state index contributed by atoms with van der Waals surface area (Å²) < 4.78 is 47.3. The molecule has 1 aliphatic heterocycles. The number of nitrogens with zero attached hydrogens (tertiary/aromatic N) is 1. The molecule has 0 saturated heterocycles. The van der Waals surface area contributed by atoms with Gasteiger partial charge in [-0.15, -0.1) is 0 Å². The Morgan fingerprint density at radius 2 is 1.59 bits per heavy atom. The van der Waals surface area contributed by atoms with Gasteiger partial charge in [0.1, 0.15) is 18.1 Å². The molecule has 0 aromatic heterocycles. The zero-order valence-corrected chi connectivity index (χ0v) is 22.9. The van der Waals surface area contributed by atoms with Gasteiger partial charge in [0, 0.05) is 17.7 Å². The second-order valence-electron chi connectivity index (χ2n) is 9.52. The molecule has 0 radical (unpaired) electrons. The van der Waals surface area contributed by atoms with E-state index in [0.29, 0.717) is 35.8 Å². The van der Waals surface area contributed by atoms with E-state index in [1.165, 1.54) is 17.5 Å². The fourth-order valence-corrected chi connectivity index (χ4v) is 6.55. The van der Waals surface area contributed by atoms with Crippen LogP contribution in [0.3, 0.4) is 0 Å². The molecule has 0 aliphatic carbocycles. The van der Waals surface area contributed by atoms with Crippen molar-refractivity contribution in [2.45, 2.75) is 37.4 Å². The van der Waals surface area contributed by atoms with Crippen molar-refractivity contribution in [2.24, 2.45) is 0 Å². The summed E-state index contributed by atoms with van der Waals surface area (Å²) in [4.78, 5) is 0.190. The van der Waals surface area contributed by atoms with Crippen molar-refractivity contribution in [1.29, 1.82) is 0 Å². The van der Waals surface area contributed by atoms with E-state index in [-0.39, 0.29) is 17.2 Å². The van der Waals surface area contributed by atoms with Crippen LogP contribution in [0.1, 0.15) is 33.9 Å². The SMILES string of the molecule is COc1ccc(O)cc1C1Cc2ccc(OC)c(OCc3ccccc3)c2CN1S(=O)(=O)c1ccc(C)cc1. The van der Waals surface area contributed by atoms with E-state index in [1.807, 2.05) is 49.4 Å². The maximum atomic E-state index is 14.2. The van der Waals surface area contributed by atoms with Crippen LogP contribution in [-0.2, 0) is 29.6 Å². The normalized spacial score (nSPS) is 15.4. The molecule has 0 saturated carbocycles. The highest BCUT2D eigenvalue weighted by Crippen LogP contribution is 2.46. The van der Waals surface area contributed by atoms with Crippen LogP contribution in [0.15, 0.2) is 89.8 Å². The minimum absolute atomic E-state index is 0.0332. The molecule has 202 valence electrons. The minimum atomic E-state index is -3.96. The molecule has 1 aliphatic rings. The molecule has 4 aromatic rings. The molecule has 0 amide bonds. The zero-order chi connectivity index (χ0) is 27.6. The highest BCUT2D eigenvalue weighted by molar-refractivity contribution is 7.89. The number of hydrogen-bond donors (Lipinski definition) is 1. The Labute approximate surface area is 229 Å². The minimum Gasteiger partial charge on any atom is -0.508 e. The predicted octanol–water partition coefficient (Wildman–Crippen LogP) is 5.79. The number of phenols is 1. The molecular weight excluding hydrogens is 514 g/mol. The first-order valence-corrected chi connectivity index (χ1v) is 14.1. The summed E-state index contributed by atoms with van der Waals surface area (Å²) in [5.41, 5.74) is 4.22. The Morgan fingerprint density at radius 1 is 0.897 bits per heavy atom. The molecule has 0 spiro atoms. The molecule has 4 aromatic carbocycles. The van der Waals surface area contributed by atoms with Gasteiger partial charge in [0.2, 0.25) is 10.0 Å². The van der Waals surface area contributed by atoms with E-state index < -0.39 is 16.1 Å². The average molecular weight is 546 g/mol. The van der Waals surface area contributed by atoms with E-state index in [2.05, 4.69) is 0 Å². The van der Waals surface area contributed by atoms with Gasteiger partial charge in [-0.1, -0.05) is 54.1 Å². The van der Waals surface area contributed by atoms with E-state index in [0.717, 1.165) is 22.3 Å². The summed E-state index contributed by atoms with van der Waals surface area (Å²) in [6.07, 6.45) is 0.353. The number of sulfonamides is 1. The van der Waals surface area contributed by atoms with E-state index in [4.69, 9.17) is 14.2 Å². The lowest BCUT2D eigenvalue weighted by Gasteiger charge is -2.37. The number of aryl methyl sites for hydroxylation is 1. The van der Waals surface area contributed by atoms with Crippen molar-refractivity contribution >= 4 is 10.0 Å². The van der Waals surface area contributed by atoms with Crippen LogP contribution in [0.2, 0.25) is 0 Å². The lowest BCUT2D eigenvalue weighted by Crippen LogP contribution is -2.39. The van der Waals surface area contributed by atoms with Gasteiger partial charge in [0.25, 0.3) is 0 Å². The van der Waals surface area contributed by atoms with Crippen molar-refractivity contribution in [3.05, 3.63) is 113 Å². The maximum absolute atomic E-state index is 14.2. The molecule has 1 atom stereocenters. The number of hydrogen-bond acceptors (Lipinski definition) is 6. The van der Waals surface area contributed by atoms with E-state index >= 15 is 0 Å². The third-order valence-corrected chi connectivity index (χ3v) is 8.91. The number of aromatic hydroxyl groups is 1. The van der Waals surface area contributed by atoms with Crippen LogP contribution in [0, 0.1) is 6.92 Å². The van der Waals surface area contributed by atoms with Gasteiger partial charge in [-0.05, 0) is 60.9 Å². The second-order valence-corrected chi connectivity index (χ2v) is 11.4. The first-order chi connectivity index (χ1) is 18.8. The van der Waals surface area contributed by atoms with Gasteiger partial charge in [-0.3, -0.25) is 0 Å². The largest absolute Gasteiger partial charge is 0.508 e. The zero-order valence-electron chi connectivity index (χ0n) is 22.1. The second kappa shape index (κ2) is 11.0. The molecule has 7 nitrogen and oxygen atoms in total. The summed E-state index contributed by atoms with van der Waals surface area (Å²) in [6, 6.07) is 24.5. The van der Waals surface area contributed by atoms with Crippen molar-refractivity contribution < 1.29 is 27.7 Å². The molecule has 0 bridgehead atoms. The number of benzene rings is 4. The van der Waals surface area contributed by atoms with Gasteiger partial charge in [-0.25, -0.2) is 8.42 Å². The fourth-order valence-electron chi connectivity index (χ4n) is 4.98. The van der Waals surface area contributed by atoms with E-state index in [9.17, 15) is 13.5 Å². The number of ether oxygens (including phenoxy) is 3. The highest BCUT2D eigenvalue weighted by Gasteiger charge is 2.39. The molecule has 1 N–H and O–H groups in total. The number of rotatable bonds is 8. The standard InChI is InChI=1S/C31H31NO6S/c1-21-9-13-25(14-10-21)39(34,35)32-19-27-23(17-28(32)26-18-24(33)12-16-29(26)36-2)11-15-30(37-3)31(27)38-20-22-7-5-4-6-8-22/h4-16,18,28,33H,17,19-20H2,1-3H3. The number of phenolic OH excluding ortho intramolecular Hbond substituents is 1. The molecule has 0 fully saturated rings. The van der Waals surface area contributed by atoms with Crippen LogP contribution in [0.4, 0.5) is 0 Å². The predicted molar refractivity (Wildman–Crippen MR) is 149 cm³/mol. The van der Waals surface area contributed by atoms with Crippen LogP contribution in [0.25, 0.3) is 0 Å². The smallest absolute Gasteiger partial charge is 0.243 e. The molecule has 39 heavy (non-hydrogen) atoms. The third-order valence-electron chi connectivity index (χ3n) is 7.04. The maximum Gasteiger partial charge on any atom is 0.243 e. The molecule has 8 heteroatoms. The molecule has 1 heterocycles. The van der Waals surface area contributed by atoms with Crippen molar-refractivity contribution in [1.82, 2.24) is 4.31 Å². The van der Waals surface area contributed by atoms with Crippen LogP contribution >= 0.6 is 0 Å². The molecular formula is C31H31NO6S. The highest BCUT2D eigenvalue weighted by atomic mass is 32.2. The first-order valence-electron chi connectivity index (χ1n) is 12.6. The van der Waals surface area contributed by atoms with Gasteiger partial charge in [-0.2, -0.15) is 4.31 Å². The van der Waals surface area contributed by atoms with Crippen molar-refractivity contribution in [3.8, 4) is 23.0 Å². The van der Waals surface area contributed by atoms with E-state index in [1.54, 1.807) is 43.5 Å². The summed E-state index contributed by atoms with van der Waals surface area (Å²) >= 11 is 0. The Hall–Kier alpha value is -4.01. The Kier molecular flexibility index (Phi) is 7.50. The lowest BCUT2D eigenvalue weighted by molar-refractivity contribution is 0.255. The van der Waals surface area contributed by atoms with Crippen molar-refractivity contribution in [2.75, 3.05) is 14.2 Å². The van der Waals surface area contributed by atoms with Crippen LogP contribution in [-0.4, -0.2) is 32.0 Å². The Bertz CT molecular complexity index is 1570. The lowest BCUT2D eigenvalue weighted by atomic mass is 9.90. The fraction of sp³-hybridized carbons (Fsp3) is 0.226. The molecule has 5 rings (SSSR count). The first kappa shape index (κ1) is 26.6. The third kappa shape index (κ3) is 5.30. The number of fused-ring (bicyclic) bond motifs is 1. The topological polar surface area (TPSA) is 85.3 Å². The monoisotopic (exact) mass is 545 g/mol. The summed E-state index contributed by atoms with van der Waals surface area (Å²) in [5, 5.41) is 10.3. The van der Waals surface area contributed by atoms with Crippen LogP contribution in [0.5, 0.6) is 23.0 Å². The quantitative estimate of drug-likeness (QED) is 0.302. The number of methoxy groups -OCH3 is 2. The summed E-state index contributed by atoms with van der Waals surface area (Å²) in [5.74, 6) is 1.58. The summed E-state index contributed by atoms with van der Waals surface area (Å²) in [7, 11) is -0.856. The van der Waals surface area contributed by atoms with Gasteiger partial charge in [0.15, 0.2) is 11.5 Å².